The normalized spacial score (nSPS) is 18.1. The largest absolute Gasteiger partial charge is 0.481 e. The molecule has 0 aromatic carbocycles. The molecule has 2 N–H and O–H groups in total. The number of aliphatic carboxylic acids is 1. The molecule has 1 aliphatic rings. The number of carboxylic acids is 1. The van der Waals surface area contributed by atoms with Crippen LogP contribution in [-0.2, 0) is 4.79 Å². The van der Waals surface area contributed by atoms with Crippen molar-refractivity contribution >= 4 is 44.4 Å². The van der Waals surface area contributed by atoms with Gasteiger partial charge >= 0.3 is 12.0 Å². The number of piperidine rings is 1. The van der Waals surface area contributed by atoms with E-state index in [0.29, 0.717) is 31.1 Å². The topological polar surface area (TPSA) is 82.5 Å². The summed E-state index contributed by atoms with van der Waals surface area (Å²) in [6, 6.07) is -0.228. The number of nitrogens with one attached hydrogen (secondary N) is 1. The zero-order valence-corrected chi connectivity index (χ0v) is 12.8. The monoisotopic (exact) mass is 347 g/mol. The Morgan fingerprint density at radius 2 is 2.16 bits per heavy atom. The Morgan fingerprint density at radius 1 is 1.53 bits per heavy atom. The van der Waals surface area contributed by atoms with E-state index in [0.717, 1.165) is 3.79 Å². The fourth-order valence-corrected chi connectivity index (χ4v) is 3.00. The molecule has 0 aliphatic carbocycles. The van der Waals surface area contributed by atoms with Crippen LogP contribution in [-0.4, -0.2) is 40.1 Å². The van der Waals surface area contributed by atoms with Gasteiger partial charge in [0.1, 0.15) is 0 Å². The number of urea groups is 1. The van der Waals surface area contributed by atoms with Gasteiger partial charge in [0, 0.05) is 13.1 Å². The summed E-state index contributed by atoms with van der Waals surface area (Å²) in [4.78, 5) is 28.7. The number of likely N-dealkylation sites (tertiary alicyclic amines) is 1. The van der Waals surface area contributed by atoms with Crippen LogP contribution in [0.5, 0.6) is 0 Å². The third kappa shape index (κ3) is 3.24. The molecule has 1 aliphatic heterocycles. The lowest BCUT2D eigenvalue weighted by atomic mass is 9.80. The summed E-state index contributed by atoms with van der Waals surface area (Å²) in [5.41, 5.74) is -0.721. The molecule has 2 rings (SSSR count). The fourth-order valence-electron chi connectivity index (χ4n) is 1.90. The van der Waals surface area contributed by atoms with E-state index in [1.54, 1.807) is 18.0 Å². The second kappa shape index (κ2) is 5.46. The first kappa shape index (κ1) is 14.3. The second-order valence-electron chi connectivity index (χ2n) is 4.75. The maximum atomic E-state index is 12.0. The van der Waals surface area contributed by atoms with Gasteiger partial charge in [0.2, 0.25) is 0 Å². The van der Waals surface area contributed by atoms with Gasteiger partial charge in [-0.15, -0.1) is 0 Å². The van der Waals surface area contributed by atoms with Gasteiger partial charge in [-0.25, -0.2) is 9.78 Å². The standard InChI is InChI=1S/C11H14BrN3O3S/c1-11(8(16)17)2-4-15(5-3-11)10(18)14-9-13-6-7(12)19-9/h6H,2-5H2,1H3,(H,16,17)(H,13,14,18). The van der Waals surface area contributed by atoms with E-state index in [1.165, 1.54) is 11.3 Å². The second-order valence-corrected chi connectivity index (χ2v) is 7.16. The minimum absolute atomic E-state index is 0.228. The Morgan fingerprint density at radius 3 is 2.63 bits per heavy atom. The zero-order chi connectivity index (χ0) is 14.0. The van der Waals surface area contributed by atoms with Crippen LogP contribution in [0.1, 0.15) is 19.8 Å². The number of carbonyl (C=O) groups is 2. The molecule has 104 valence electrons. The fraction of sp³-hybridized carbons (Fsp3) is 0.545. The van der Waals surface area contributed by atoms with Crippen molar-refractivity contribution in [2.75, 3.05) is 18.4 Å². The van der Waals surface area contributed by atoms with E-state index in [1.807, 2.05) is 0 Å². The summed E-state index contributed by atoms with van der Waals surface area (Å²) in [6.45, 7) is 2.62. The molecule has 8 heteroatoms. The molecule has 19 heavy (non-hydrogen) atoms. The quantitative estimate of drug-likeness (QED) is 0.861. The van der Waals surface area contributed by atoms with Crippen LogP contribution in [0.25, 0.3) is 0 Å². The number of aromatic nitrogens is 1. The molecule has 0 unspecified atom stereocenters. The summed E-state index contributed by atoms with van der Waals surface area (Å²) in [5, 5.41) is 12.4. The van der Waals surface area contributed by atoms with Crippen LogP contribution < -0.4 is 5.32 Å². The first-order chi connectivity index (χ1) is 8.90. The smallest absolute Gasteiger partial charge is 0.323 e. The highest BCUT2D eigenvalue weighted by Crippen LogP contribution is 2.31. The Bertz CT molecular complexity index is 497. The van der Waals surface area contributed by atoms with Gasteiger partial charge in [-0.2, -0.15) is 0 Å². The van der Waals surface area contributed by atoms with Crippen molar-refractivity contribution in [2.45, 2.75) is 19.8 Å². The number of hydrogen-bond donors (Lipinski definition) is 2. The van der Waals surface area contributed by atoms with Crippen molar-refractivity contribution in [3.05, 3.63) is 9.98 Å². The number of carboxylic acid groups (broad SMARTS) is 1. The Kier molecular flexibility index (Phi) is 4.10. The van der Waals surface area contributed by atoms with E-state index < -0.39 is 11.4 Å². The summed E-state index contributed by atoms with van der Waals surface area (Å²) in [7, 11) is 0. The third-order valence-electron chi connectivity index (χ3n) is 3.36. The lowest BCUT2D eigenvalue weighted by molar-refractivity contribution is -0.150. The van der Waals surface area contributed by atoms with Crippen LogP contribution in [0, 0.1) is 5.41 Å². The van der Waals surface area contributed by atoms with Gasteiger partial charge in [-0.3, -0.25) is 10.1 Å². The van der Waals surface area contributed by atoms with Gasteiger partial charge in [0.25, 0.3) is 0 Å². The molecule has 1 aromatic heterocycles. The molecule has 0 spiro atoms. The van der Waals surface area contributed by atoms with Crippen molar-refractivity contribution in [3.8, 4) is 0 Å². The first-order valence-corrected chi connectivity index (χ1v) is 7.42. The van der Waals surface area contributed by atoms with Crippen molar-refractivity contribution in [3.63, 3.8) is 0 Å². The summed E-state index contributed by atoms with van der Waals surface area (Å²) < 4.78 is 0.847. The van der Waals surface area contributed by atoms with E-state index in [4.69, 9.17) is 5.11 Å². The molecular weight excluding hydrogens is 334 g/mol. The van der Waals surface area contributed by atoms with Gasteiger partial charge in [0.15, 0.2) is 5.13 Å². The number of rotatable bonds is 2. The average molecular weight is 348 g/mol. The Balaban J connectivity index is 1.91. The maximum Gasteiger partial charge on any atom is 0.323 e. The zero-order valence-electron chi connectivity index (χ0n) is 10.4. The lowest BCUT2D eigenvalue weighted by Gasteiger charge is -2.36. The molecule has 1 saturated heterocycles. The highest BCUT2D eigenvalue weighted by molar-refractivity contribution is 9.11. The van der Waals surface area contributed by atoms with Crippen molar-refractivity contribution in [2.24, 2.45) is 5.41 Å². The summed E-state index contributed by atoms with van der Waals surface area (Å²) >= 11 is 4.61. The summed E-state index contributed by atoms with van der Waals surface area (Å²) in [6.07, 6.45) is 2.56. The van der Waals surface area contributed by atoms with Gasteiger partial charge in [-0.1, -0.05) is 11.3 Å². The Hall–Kier alpha value is -1.15. The molecule has 2 heterocycles. The number of hydrogen-bond acceptors (Lipinski definition) is 4. The first-order valence-electron chi connectivity index (χ1n) is 5.81. The van der Waals surface area contributed by atoms with Gasteiger partial charge < -0.3 is 10.0 Å². The van der Waals surface area contributed by atoms with Crippen molar-refractivity contribution in [1.29, 1.82) is 0 Å². The van der Waals surface area contributed by atoms with Gasteiger partial charge in [0.05, 0.1) is 15.4 Å². The highest BCUT2D eigenvalue weighted by atomic mass is 79.9. The predicted molar refractivity (Wildman–Crippen MR) is 75.4 cm³/mol. The van der Waals surface area contributed by atoms with Crippen LogP contribution in [0.4, 0.5) is 9.93 Å². The minimum Gasteiger partial charge on any atom is -0.481 e. The molecule has 2 amide bonds. The molecule has 0 radical (unpaired) electrons. The molecule has 1 aromatic rings. The minimum atomic E-state index is -0.795. The van der Waals surface area contributed by atoms with Crippen LogP contribution >= 0.6 is 27.3 Å². The van der Waals surface area contributed by atoms with Crippen molar-refractivity contribution < 1.29 is 14.7 Å². The Labute approximate surface area is 122 Å². The molecule has 1 fully saturated rings. The SMILES string of the molecule is CC1(C(=O)O)CCN(C(=O)Nc2ncc(Br)s2)CC1. The third-order valence-corrected chi connectivity index (χ3v) is 4.75. The molecule has 0 bridgehead atoms. The highest BCUT2D eigenvalue weighted by Gasteiger charge is 2.38. The molecule has 0 saturated carbocycles. The van der Waals surface area contributed by atoms with E-state index >= 15 is 0 Å². The molecule has 6 nitrogen and oxygen atoms in total. The van der Waals surface area contributed by atoms with Crippen LogP contribution in [0.2, 0.25) is 0 Å². The maximum absolute atomic E-state index is 12.0. The van der Waals surface area contributed by atoms with Gasteiger partial charge in [-0.05, 0) is 35.7 Å². The number of thiazole rings is 1. The van der Waals surface area contributed by atoms with E-state index in [9.17, 15) is 9.59 Å². The van der Waals surface area contributed by atoms with Crippen LogP contribution in [0.15, 0.2) is 9.98 Å². The number of anilines is 1. The lowest BCUT2D eigenvalue weighted by Crippen LogP contribution is -2.46. The van der Waals surface area contributed by atoms with Crippen molar-refractivity contribution in [1.82, 2.24) is 9.88 Å². The average Bonchev–Trinajstić information content (AvgIpc) is 2.75. The summed E-state index contributed by atoms with van der Waals surface area (Å²) in [5.74, 6) is -0.795. The number of amides is 2. The molecular formula is C11H14BrN3O3S. The number of nitrogens with zero attached hydrogens (tertiary/aromatic N) is 2. The predicted octanol–water partition coefficient (Wildman–Crippen LogP) is 2.62. The number of halogens is 1. The number of carbonyl (C=O) groups excluding carboxylic acids is 1. The molecule has 0 atom stereocenters. The van der Waals surface area contributed by atoms with E-state index in [-0.39, 0.29) is 6.03 Å². The van der Waals surface area contributed by atoms with Crippen LogP contribution in [0.3, 0.4) is 0 Å². The van der Waals surface area contributed by atoms with E-state index in [2.05, 4.69) is 26.2 Å².